The van der Waals surface area contributed by atoms with Crippen molar-refractivity contribution in [3.05, 3.63) is 18.2 Å². The molecule has 0 N–H and O–H groups in total. The van der Waals surface area contributed by atoms with Crippen LogP contribution in [0.25, 0.3) is 0 Å². The molecule has 0 aliphatic carbocycles. The van der Waals surface area contributed by atoms with Crippen LogP contribution in [0.1, 0.15) is 18.2 Å². The lowest BCUT2D eigenvalue weighted by Crippen LogP contribution is -2.46. The van der Waals surface area contributed by atoms with Gasteiger partial charge in [-0.25, -0.2) is 18.5 Å². The summed E-state index contributed by atoms with van der Waals surface area (Å²) in [6.45, 7) is 1.41. The summed E-state index contributed by atoms with van der Waals surface area (Å²) in [5.74, 6) is -0.227. The van der Waals surface area contributed by atoms with Crippen LogP contribution < -0.4 is 0 Å². The predicted octanol–water partition coefficient (Wildman–Crippen LogP) is -0.637. The van der Waals surface area contributed by atoms with Gasteiger partial charge in [-0.15, -0.1) is 0 Å². The second-order valence-electron chi connectivity index (χ2n) is 4.99. The molecule has 1 amide bonds. The minimum absolute atomic E-state index is 0.112. The Balaban J connectivity index is 1.91. The van der Waals surface area contributed by atoms with Gasteiger partial charge in [0.25, 0.3) is 5.91 Å². The second kappa shape index (κ2) is 4.83. The molecule has 3 rings (SSSR count). The first-order chi connectivity index (χ1) is 9.47. The summed E-state index contributed by atoms with van der Waals surface area (Å²) < 4.78 is 26.5. The van der Waals surface area contributed by atoms with Gasteiger partial charge in [-0.05, 0) is 6.42 Å². The zero-order valence-corrected chi connectivity index (χ0v) is 11.9. The first kappa shape index (κ1) is 13.5. The molecule has 0 spiro atoms. The van der Waals surface area contributed by atoms with Gasteiger partial charge in [0.1, 0.15) is 6.04 Å². The average molecular weight is 300 g/mol. The number of hydroxylamine groups is 2. The summed E-state index contributed by atoms with van der Waals surface area (Å²) in [5, 5.41) is 1.32. The molecule has 9 heteroatoms. The fourth-order valence-electron chi connectivity index (χ4n) is 2.50. The number of hydrogen-bond acceptors (Lipinski definition) is 5. The molecule has 1 aromatic rings. The van der Waals surface area contributed by atoms with Gasteiger partial charge in [-0.3, -0.25) is 9.63 Å². The van der Waals surface area contributed by atoms with E-state index in [1.165, 1.54) is 9.37 Å². The Morgan fingerprint density at radius 3 is 2.95 bits per heavy atom. The van der Waals surface area contributed by atoms with Gasteiger partial charge in [-0.1, -0.05) is 0 Å². The molecule has 0 saturated carbocycles. The van der Waals surface area contributed by atoms with Crippen molar-refractivity contribution in [2.75, 3.05) is 26.0 Å². The van der Waals surface area contributed by atoms with Crippen molar-refractivity contribution in [2.24, 2.45) is 0 Å². The third-order valence-corrected chi connectivity index (χ3v) is 4.77. The van der Waals surface area contributed by atoms with E-state index >= 15 is 0 Å². The zero-order chi connectivity index (χ0) is 14.3. The number of carbonyl (C=O) groups is 1. The predicted molar refractivity (Wildman–Crippen MR) is 68.8 cm³/mol. The van der Waals surface area contributed by atoms with Crippen LogP contribution in [0.3, 0.4) is 0 Å². The van der Waals surface area contributed by atoms with E-state index in [4.69, 9.17) is 4.84 Å². The van der Waals surface area contributed by atoms with Crippen molar-refractivity contribution < 1.29 is 18.0 Å². The van der Waals surface area contributed by atoms with E-state index < -0.39 is 16.1 Å². The molecule has 3 heterocycles. The Morgan fingerprint density at radius 2 is 2.30 bits per heavy atom. The molecule has 110 valence electrons. The van der Waals surface area contributed by atoms with E-state index in [1.54, 1.807) is 17.1 Å². The van der Waals surface area contributed by atoms with Crippen molar-refractivity contribution in [3.63, 3.8) is 0 Å². The Labute approximate surface area is 116 Å². The third kappa shape index (κ3) is 2.32. The largest absolute Gasteiger partial charge is 0.319 e. The summed E-state index contributed by atoms with van der Waals surface area (Å²) >= 11 is 0. The van der Waals surface area contributed by atoms with Gasteiger partial charge in [0.05, 0.1) is 38.0 Å². The molecule has 8 nitrogen and oxygen atoms in total. The molecule has 2 aliphatic rings. The number of aromatic nitrogens is 2. The lowest BCUT2D eigenvalue weighted by atomic mass is 10.2. The van der Waals surface area contributed by atoms with E-state index in [2.05, 4.69) is 4.98 Å². The molecule has 20 heavy (non-hydrogen) atoms. The van der Waals surface area contributed by atoms with Crippen LogP contribution >= 0.6 is 0 Å². The van der Waals surface area contributed by atoms with Gasteiger partial charge < -0.3 is 4.57 Å². The normalized spacial score (nSPS) is 23.9. The minimum Gasteiger partial charge on any atom is -0.319 e. The Morgan fingerprint density at radius 1 is 1.50 bits per heavy atom. The summed E-state index contributed by atoms with van der Waals surface area (Å²) in [7, 11) is -3.36. The summed E-state index contributed by atoms with van der Waals surface area (Å²) in [6.07, 6.45) is 5.09. The number of fused-ring (bicyclic) bond motifs is 1. The molecule has 1 unspecified atom stereocenters. The number of carbonyl (C=O) groups excluding carboxylic acids is 1. The quantitative estimate of drug-likeness (QED) is 0.725. The number of nitrogens with zero attached hydrogens (tertiary/aromatic N) is 4. The first-order valence-electron chi connectivity index (χ1n) is 6.37. The van der Waals surface area contributed by atoms with Gasteiger partial charge >= 0.3 is 0 Å². The zero-order valence-electron chi connectivity index (χ0n) is 11.1. The van der Waals surface area contributed by atoms with Crippen LogP contribution in [0.4, 0.5) is 0 Å². The Bertz CT molecular complexity index is 620. The lowest BCUT2D eigenvalue weighted by molar-refractivity contribution is -0.173. The highest BCUT2D eigenvalue weighted by Crippen LogP contribution is 2.25. The van der Waals surface area contributed by atoms with Crippen LogP contribution in [0.15, 0.2) is 12.5 Å². The van der Waals surface area contributed by atoms with Crippen LogP contribution in [0.5, 0.6) is 0 Å². The van der Waals surface area contributed by atoms with Crippen LogP contribution in [-0.4, -0.2) is 59.2 Å². The number of rotatable bonds is 2. The van der Waals surface area contributed by atoms with Crippen LogP contribution in [0.2, 0.25) is 0 Å². The molecule has 0 aromatic carbocycles. The van der Waals surface area contributed by atoms with E-state index in [0.717, 1.165) is 12.7 Å². The summed E-state index contributed by atoms with van der Waals surface area (Å²) in [4.78, 5) is 21.7. The van der Waals surface area contributed by atoms with Crippen LogP contribution in [-0.2, 0) is 26.2 Å². The highest BCUT2D eigenvalue weighted by molar-refractivity contribution is 7.88. The van der Waals surface area contributed by atoms with Crippen molar-refractivity contribution >= 4 is 15.9 Å². The molecule has 1 aromatic heterocycles. The molecule has 0 radical (unpaired) electrons. The maximum Gasteiger partial charge on any atom is 0.270 e. The standard InChI is InChI=1S/C11H16N4O4S/c1-20(17,18)13-6-9-5-12-8-14(9)10(7-13)11(16)15-3-2-4-19-15/h5,8,10H,2-4,6-7H2,1H3. The molecular formula is C11H16N4O4S. The van der Waals surface area contributed by atoms with E-state index in [0.29, 0.717) is 18.8 Å². The monoisotopic (exact) mass is 300 g/mol. The maximum atomic E-state index is 12.5. The number of imidazole rings is 1. The molecule has 1 atom stereocenters. The smallest absolute Gasteiger partial charge is 0.270 e. The number of hydrogen-bond donors (Lipinski definition) is 0. The van der Waals surface area contributed by atoms with Gasteiger partial charge in [0, 0.05) is 12.7 Å². The highest BCUT2D eigenvalue weighted by atomic mass is 32.2. The number of amides is 1. The molecule has 1 fully saturated rings. The maximum absolute atomic E-state index is 12.5. The fraction of sp³-hybridized carbons (Fsp3) is 0.636. The van der Waals surface area contributed by atoms with E-state index in [-0.39, 0.29) is 19.0 Å². The van der Waals surface area contributed by atoms with Crippen LogP contribution in [0, 0.1) is 0 Å². The van der Waals surface area contributed by atoms with Gasteiger partial charge in [-0.2, -0.15) is 4.31 Å². The minimum atomic E-state index is -3.36. The first-order valence-corrected chi connectivity index (χ1v) is 8.22. The van der Waals surface area contributed by atoms with Crippen molar-refractivity contribution in [1.29, 1.82) is 0 Å². The number of sulfonamides is 1. The van der Waals surface area contributed by atoms with Gasteiger partial charge in [0.2, 0.25) is 10.0 Å². The lowest BCUT2D eigenvalue weighted by Gasteiger charge is -2.33. The summed E-state index contributed by atoms with van der Waals surface area (Å²) in [5.41, 5.74) is 0.708. The third-order valence-electron chi connectivity index (χ3n) is 3.55. The van der Waals surface area contributed by atoms with Crippen molar-refractivity contribution in [3.8, 4) is 0 Å². The van der Waals surface area contributed by atoms with E-state index in [9.17, 15) is 13.2 Å². The Hall–Kier alpha value is -1.45. The Kier molecular flexibility index (Phi) is 3.27. The molecule has 0 bridgehead atoms. The van der Waals surface area contributed by atoms with Crippen molar-refractivity contribution in [2.45, 2.75) is 19.0 Å². The van der Waals surface area contributed by atoms with E-state index in [1.807, 2.05) is 0 Å². The molecule has 2 aliphatic heterocycles. The van der Waals surface area contributed by atoms with Crippen molar-refractivity contribution in [1.82, 2.24) is 18.9 Å². The fourth-order valence-corrected chi connectivity index (χ4v) is 3.28. The van der Waals surface area contributed by atoms with Gasteiger partial charge in [0.15, 0.2) is 0 Å². The second-order valence-corrected chi connectivity index (χ2v) is 6.97. The highest BCUT2D eigenvalue weighted by Gasteiger charge is 2.37. The molecule has 1 saturated heterocycles. The topological polar surface area (TPSA) is 84.7 Å². The molecular weight excluding hydrogens is 284 g/mol. The SMILES string of the molecule is CS(=O)(=O)N1Cc2cncn2C(C(=O)N2CCCO2)C1. The summed E-state index contributed by atoms with van der Waals surface area (Å²) in [6, 6.07) is -0.617. The average Bonchev–Trinajstić information content (AvgIpc) is 3.06.